The van der Waals surface area contributed by atoms with Crippen molar-refractivity contribution in [1.29, 1.82) is 0 Å². The van der Waals surface area contributed by atoms with Crippen LogP contribution in [0.15, 0.2) is 30.9 Å². The summed E-state index contributed by atoms with van der Waals surface area (Å²) in [5.74, 6) is -1.23. The second-order valence-electron chi connectivity index (χ2n) is 8.17. The average molecular weight is 482 g/mol. The minimum atomic E-state index is -1.33. The summed E-state index contributed by atoms with van der Waals surface area (Å²) < 4.78 is 7.18. The van der Waals surface area contributed by atoms with Crippen LogP contribution in [0.3, 0.4) is 0 Å². The summed E-state index contributed by atoms with van der Waals surface area (Å²) in [7, 11) is 0. The van der Waals surface area contributed by atoms with Crippen LogP contribution in [0.25, 0.3) is 11.2 Å². The number of imidazole rings is 1. The molecule has 4 heterocycles. The Morgan fingerprint density at radius 1 is 1.20 bits per heavy atom. The molecule has 7 N–H and O–H groups in total. The number of nitrogens with one attached hydrogen (secondary N) is 3. The third-order valence-corrected chi connectivity index (χ3v) is 5.94. The lowest BCUT2D eigenvalue weighted by atomic mass is 10.1. The maximum Gasteiger partial charge on any atom is 0.251 e. The molecule has 0 spiro atoms. The molecule has 2 aliphatic rings. The smallest absolute Gasteiger partial charge is 0.251 e. The maximum absolute atomic E-state index is 12.3. The van der Waals surface area contributed by atoms with Crippen molar-refractivity contribution in [2.75, 3.05) is 17.6 Å². The predicted octanol–water partition coefficient (Wildman–Crippen LogP) is -1.58. The largest absolute Gasteiger partial charge is 0.387 e. The zero-order valence-electron chi connectivity index (χ0n) is 18.2. The number of aromatic nitrogens is 4. The number of hydrogen-bond acceptors (Lipinski definition) is 10. The fourth-order valence-corrected chi connectivity index (χ4v) is 4.17. The summed E-state index contributed by atoms with van der Waals surface area (Å²) in [6.07, 6.45) is -2.49. The number of benzene rings is 1. The van der Waals surface area contributed by atoms with E-state index in [0.29, 0.717) is 34.5 Å². The van der Waals surface area contributed by atoms with Gasteiger partial charge in [0.25, 0.3) is 5.91 Å². The number of aliphatic hydroxyl groups excluding tert-OH is 2. The number of amides is 3. The summed E-state index contributed by atoms with van der Waals surface area (Å²) in [5.41, 5.74) is 8.02. The number of anilines is 2. The monoisotopic (exact) mass is 482 g/mol. The van der Waals surface area contributed by atoms with E-state index in [1.165, 1.54) is 17.2 Å². The van der Waals surface area contributed by atoms with Gasteiger partial charge in [0, 0.05) is 29.9 Å². The number of nitrogens with zero attached hydrogens (tertiary/aromatic N) is 4. The van der Waals surface area contributed by atoms with Gasteiger partial charge in [-0.1, -0.05) is 6.07 Å². The molecule has 1 aromatic carbocycles. The van der Waals surface area contributed by atoms with Crippen LogP contribution in [-0.4, -0.2) is 72.3 Å². The van der Waals surface area contributed by atoms with E-state index in [4.69, 9.17) is 10.5 Å². The van der Waals surface area contributed by atoms with Gasteiger partial charge in [-0.25, -0.2) is 15.0 Å². The van der Waals surface area contributed by atoms with Crippen molar-refractivity contribution in [2.45, 2.75) is 37.5 Å². The van der Waals surface area contributed by atoms with E-state index in [0.717, 1.165) is 0 Å². The minimum Gasteiger partial charge on any atom is -0.387 e. The lowest BCUT2D eigenvalue weighted by molar-refractivity contribution is -0.127. The number of ether oxygens (including phenoxy) is 1. The van der Waals surface area contributed by atoms with Crippen LogP contribution < -0.4 is 21.7 Å². The molecular weight excluding hydrogens is 460 g/mol. The molecule has 5 rings (SSSR count). The van der Waals surface area contributed by atoms with Crippen molar-refractivity contribution in [3.63, 3.8) is 0 Å². The summed E-state index contributed by atoms with van der Waals surface area (Å²) in [6, 6.07) is 4.95. The molecule has 0 aliphatic carbocycles. The molecule has 4 unspecified atom stereocenters. The van der Waals surface area contributed by atoms with E-state index >= 15 is 0 Å². The topological polar surface area (TPSA) is 207 Å². The number of aliphatic hydroxyl groups is 2. The first-order chi connectivity index (χ1) is 16.8. The Bertz CT molecular complexity index is 1330. The highest BCUT2D eigenvalue weighted by molar-refractivity contribution is 6.06. The molecule has 0 bridgehead atoms. The van der Waals surface area contributed by atoms with E-state index in [2.05, 4.69) is 30.9 Å². The second-order valence-corrected chi connectivity index (χ2v) is 8.17. The Labute approximate surface area is 197 Å². The fourth-order valence-electron chi connectivity index (χ4n) is 4.17. The first-order valence-corrected chi connectivity index (χ1v) is 10.7. The number of rotatable bonds is 6. The van der Waals surface area contributed by atoms with Crippen LogP contribution in [0.1, 0.15) is 28.6 Å². The predicted molar refractivity (Wildman–Crippen MR) is 120 cm³/mol. The number of hydrogen-bond donors (Lipinski definition) is 6. The molecule has 35 heavy (non-hydrogen) atoms. The molecule has 1 saturated heterocycles. The number of nitrogens with two attached hydrogens (primary N) is 1. The highest BCUT2D eigenvalue weighted by Gasteiger charge is 2.44. The van der Waals surface area contributed by atoms with E-state index in [1.807, 2.05) is 0 Å². The van der Waals surface area contributed by atoms with E-state index in [1.54, 1.807) is 18.2 Å². The lowest BCUT2D eigenvalue weighted by Gasteiger charge is -2.16. The van der Waals surface area contributed by atoms with Crippen molar-refractivity contribution in [1.82, 2.24) is 30.2 Å². The lowest BCUT2D eigenvalue weighted by Crippen LogP contribution is -2.40. The molecular formula is C21H22N8O6. The molecule has 14 heteroatoms. The molecule has 0 radical (unpaired) electrons. The van der Waals surface area contributed by atoms with E-state index < -0.39 is 42.8 Å². The average Bonchev–Trinajstić information content (AvgIpc) is 3.50. The maximum atomic E-state index is 12.3. The number of carbonyl (C=O) groups is 3. The molecule has 3 aromatic rings. The highest BCUT2D eigenvalue weighted by Crippen LogP contribution is 2.31. The molecule has 3 amide bonds. The highest BCUT2D eigenvalue weighted by atomic mass is 16.6. The zero-order chi connectivity index (χ0) is 24.7. The van der Waals surface area contributed by atoms with Crippen molar-refractivity contribution in [2.24, 2.45) is 0 Å². The zero-order valence-corrected chi connectivity index (χ0v) is 18.2. The summed E-state index contributed by atoms with van der Waals surface area (Å²) in [4.78, 5) is 48.5. The molecule has 2 aliphatic heterocycles. The van der Waals surface area contributed by atoms with Gasteiger partial charge in [-0.3, -0.25) is 19.0 Å². The second kappa shape index (κ2) is 8.90. The third kappa shape index (κ3) is 4.14. The van der Waals surface area contributed by atoms with Crippen LogP contribution in [0.5, 0.6) is 0 Å². The van der Waals surface area contributed by atoms with Gasteiger partial charge in [-0.2, -0.15) is 0 Å². The number of carbonyl (C=O) groups excluding carboxylic acids is 3. The summed E-state index contributed by atoms with van der Waals surface area (Å²) in [5, 5.41) is 28.8. The first kappa shape index (κ1) is 22.6. The van der Waals surface area contributed by atoms with Crippen molar-refractivity contribution in [3.8, 4) is 0 Å². The van der Waals surface area contributed by atoms with Gasteiger partial charge in [0.1, 0.15) is 36.6 Å². The van der Waals surface area contributed by atoms with E-state index in [9.17, 15) is 24.6 Å². The van der Waals surface area contributed by atoms with Crippen molar-refractivity contribution in [3.05, 3.63) is 42.0 Å². The molecule has 14 nitrogen and oxygen atoms in total. The van der Waals surface area contributed by atoms with Gasteiger partial charge in [-0.05, 0) is 12.1 Å². The van der Waals surface area contributed by atoms with Crippen LogP contribution >= 0.6 is 0 Å². The SMILES string of the molecule is Nc1ncnc2c1ncn2C1OC(CNC(=O)CC(=O)Nc2cccc3c2CNC3=O)C(O)C1O. The minimum absolute atomic E-state index is 0.149. The molecule has 1 fully saturated rings. The first-order valence-electron chi connectivity index (χ1n) is 10.7. The standard InChI is InChI=1S/C21H22N8O6/c22-18-15-19(26-7-25-18)29(8-27-15)21-17(33)16(32)12(35-21)6-23-13(30)4-14(31)28-11-3-1-2-9-10(11)5-24-20(9)34/h1-3,7-8,12,16-17,21,32-33H,4-6H2,(H,23,30)(H,24,34)(H,28,31)(H2,22,25,26). The molecule has 0 saturated carbocycles. The molecule has 2 aromatic heterocycles. The summed E-state index contributed by atoms with van der Waals surface area (Å²) >= 11 is 0. The van der Waals surface area contributed by atoms with Crippen molar-refractivity contribution >= 4 is 40.4 Å². The van der Waals surface area contributed by atoms with E-state index in [-0.39, 0.29) is 18.3 Å². The number of fused-ring (bicyclic) bond motifs is 2. The van der Waals surface area contributed by atoms with Crippen LogP contribution in [0.2, 0.25) is 0 Å². The van der Waals surface area contributed by atoms with Gasteiger partial charge in [0.15, 0.2) is 17.7 Å². The Kier molecular flexibility index (Phi) is 5.76. The number of nitrogen functional groups attached to an aromatic ring is 1. The molecule has 4 atom stereocenters. The fraction of sp³-hybridized carbons (Fsp3) is 0.333. The third-order valence-electron chi connectivity index (χ3n) is 5.94. The summed E-state index contributed by atoms with van der Waals surface area (Å²) in [6.45, 7) is 0.145. The molecule has 182 valence electrons. The van der Waals surface area contributed by atoms with Gasteiger partial charge >= 0.3 is 0 Å². The van der Waals surface area contributed by atoms with Gasteiger partial charge in [0.05, 0.1) is 6.33 Å². The van der Waals surface area contributed by atoms with Crippen LogP contribution in [0.4, 0.5) is 11.5 Å². The van der Waals surface area contributed by atoms with Gasteiger partial charge < -0.3 is 36.6 Å². The Balaban J connectivity index is 1.18. The normalized spacial score (nSPS) is 23.2. The van der Waals surface area contributed by atoms with Crippen molar-refractivity contribution < 1.29 is 29.3 Å². The Morgan fingerprint density at radius 2 is 2.03 bits per heavy atom. The van der Waals surface area contributed by atoms with Gasteiger partial charge in [-0.15, -0.1) is 0 Å². The Morgan fingerprint density at radius 3 is 2.86 bits per heavy atom. The van der Waals surface area contributed by atoms with Gasteiger partial charge in [0.2, 0.25) is 11.8 Å². The Hall–Kier alpha value is -4.14. The van der Waals surface area contributed by atoms with Crippen LogP contribution in [-0.2, 0) is 20.9 Å². The quantitative estimate of drug-likeness (QED) is 0.222. The van der Waals surface area contributed by atoms with Crippen LogP contribution in [0, 0.1) is 0 Å².